The van der Waals surface area contributed by atoms with Crippen LogP contribution in [-0.4, -0.2) is 10.7 Å². The number of halogens is 1. The smallest absolute Gasteiger partial charge is 0.120 e. The fraction of sp³-hybridized carbons (Fsp3) is 0.158. The Kier molecular flexibility index (Phi) is 3.49. The predicted octanol–water partition coefficient (Wildman–Crippen LogP) is 4.88. The van der Waals surface area contributed by atoms with Gasteiger partial charge in [-0.25, -0.2) is 0 Å². The summed E-state index contributed by atoms with van der Waals surface area (Å²) in [5, 5.41) is 14.4. The van der Waals surface area contributed by atoms with E-state index in [1.54, 1.807) is 13.8 Å². The van der Waals surface area contributed by atoms with E-state index < -0.39 is 5.60 Å². The largest absolute Gasteiger partial charge is 0.378 e. The summed E-state index contributed by atoms with van der Waals surface area (Å²) in [5.74, 6) is 6.11. The van der Waals surface area contributed by atoms with Gasteiger partial charge in [0.25, 0.3) is 0 Å². The van der Waals surface area contributed by atoms with Crippen molar-refractivity contribution in [1.82, 2.24) is 0 Å². The molecule has 0 spiro atoms. The van der Waals surface area contributed by atoms with Gasteiger partial charge in [0.2, 0.25) is 0 Å². The fourth-order valence-corrected chi connectivity index (χ4v) is 3.12. The lowest BCUT2D eigenvalue weighted by Gasteiger charge is -2.11. The van der Waals surface area contributed by atoms with Gasteiger partial charge in [0, 0.05) is 10.0 Å². The van der Waals surface area contributed by atoms with Crippen molar-refractivity contribution < 1.29 is 5.11 Å². The monoisotopic (exact) mass is 338 g/mol. The lowest BCUT2D eigenvalue weighted by atomic mass is 9.96. The van der Waals surface area contributed by atoms with Crippen molar-refractivity contribution >= 4 is 37.5 Å². The van der Waals surface area contributed by atoms with Crippen molar-refractivity contribution in [3.8, 4) is 11.8 Å². The second-order valence-corrected chi connectivity index (χ2v) is 6.38. The Morgan fingerprint density at radius 3 is 1.71 bits per heavy atom. The van der Waals surface area contributed by atoms with Gasteiger partial charge in [-0.15, -0.1) is 0 Å². The minimum atomic E-state index is -1.00. The van der Waals surface area contributed by atoms with Gasteiger partial charge in [0.15, 0.2) is 0 Å². The van der Waals surface area contributed by atoms with Crippen molar-refractivity contribution in [2.24, 2.45) is 0 Å². The van der Waals surface area contributed by atoms with Crippen LogP contribution in [0.25, 0.3) is 21.5 Å². The van der Waals surface area contributed by atoms with Crippen molar-refractivity contribution in [2.45, 2.75) is 19.4 Å². The van der Waals surface area contributed by atoms with Gasteiger partial charge in [0.05, 0.1) is 0 Å². The molecule has 0 aliphatic rings. The molecule has 0 radical (unpaired) electrons. The van der Waals surface area contributed by atoms with Crippen LogP contribution < -0.4 is 0 Å². The molecule has 0 fully saturated rings. The molecule has 0 unspecified atom stereocenters. The van der Waals surface area contributed by atoms with Gasteiger partial charge >= 0.3 is 0 Å². The molecule has 21 heavy (non-hydrogen) atoms. The molecule has 0 saturated heterocycles. The second-order valence-electron chi connectivity index (χ2n) is 5.59. The number of benzene rings is 3. The van der Waals surface area contributed by atoms with Crippen LogP contribution in [0.4, 0.5) is 0 Å². The topological polar surface area (TPSA) is 20.2 Å². The van der Waals surface area contributed by atoms with E-state index in [2.05, 4.69) is 52.0 Å². The van der Waals surface area contributed by atoms with Crippen LogP contribution in [-0.2, 0) is 0 Å². The first kappa shape index (κ1) is 14.1. The zero-order chi connectivity index (χ0) is 15.0. The predicted molar refractivity (Wildman–Crippen MR) is 92.3 cm³/mol. The zero-order valence-electron chi connectivity index (χ0n) is 11.9. The number of hydrogen-bond donors (Lipinski definition) is 1. The van der Waals surface area contributed by atoms with Crippen LogP contribution >= 0.6 is 15.9 Å². The number of hydrogen-bond acceptors (Lipinski definition) is 1. The molecular formula is C19H15BrO. The highest BCUT2D eigenvalue weighted by Crippen LogP contribution is 2.35. The van der Waals surface area contributed by atoms with E-state index in [4.69, 9.17) is 0 Å². The van der Waals surface area contributed by atoms with Crippen LogP contribution in [0.2, 0.25) is 0 Å². The van der Waals surface area contributed by atoms with Gasteiger partial charge < -0.3 is 5.11 Å². The van der Waals surface area contributed by atoms with Crippen molar-refractivity contribution in [2.75, 3.05) is 0 Å². The summed E-state index contributed by atoms with van der Waals surface area (Å²) >= 11 is 3.71. The third-order valence-corrected chi connectivity index (χ3v) is 4.21. The second kappa shape index (κ2) is 5.18. The maximum atomic E-state index is 9.89. The number of rotatable bonds is 0. The summed E-state index contributed by atoms with van der Waals surface area (Å²) in [6.07, 6.45) is 0. The summed E-state index contributed by atoms with van der Waals surface area (Å²) in [6, 6.07) is 16.4. The molecule has 2 heteroatoms. The Hall–Kier alpha value is -1.82. The van der Waals surface area contributed by atoms with Crippen LogP contribution in [0.1, 0.15) is 19.4 Å². The highest BCUT2D eigenvalue weighted by atomic mass is 79.9. The van der Waals surface area contributed by atoms with Crippen LogP contribution in [0, 0.1) is 11.8 Å². The van der Waals surface area contributed by atoms with E-state index in [1.807, 2.05) is 24.3 Å². The molecule has 0 bridgehead atoms. The summed E-state index contributed by atoms with van der Waals surface area (Å²) in [5.41, 5.74) is -0.0403. The maximum Gasteiger partial charge on any atom is 0.120 e. The normalized spacial score (nSPS) is 11.4. The molecule has 3 rings (SSSR count). The molecule has 0 heterocycles. The Bertz CT molecular complexity index is 835. The van der Waals surface area contributed by atoms with Gasteiger partial charge in [0.1, 0.15) is 5.60 Å². The van der Waals surface area contributed by atoms with Gasteiger partial charge in [-0.1, -0.05) is 60.4 Å². The Morgan fingerprint density at radius 1 is 0.857 bits per heavy atom. The molecule has 1 N–H and O–H groups in total. The average Bonchev–Trinajstić information content (AvgIpc) is 2.46. The minimum Gasteiger partial charge on any atom is -0.378 e. The van der Waals surface area contributed by atoms with E-state index >= 15 is 0 Å². The first-order valence-corrected chi connectivity index (χ1v) is 7.61. The number of aliphatic hydroxyl groups is 1. The van der Waals surface area contributed by atoms with E-state index in [0.717, 1.165) is 31.6 Å². The van der Waals surface area contributed by atoms with Crippen LogP contribution in [0.15, 0.2) is 53.0 Å². The van der Waals surface area contributed by atoms with Crippen LogP contribution in [0.5, 0.6) is 0 Å². The first-order valence-electron chi connectivity index (χ1n) is 6.82. The third kappa shape index (κ3) is 2.68. The minimum absolute atomic E-state index is 0.964. The van der Waals surface area contributed by atoms with Crippen molar-refractivity contribution in [3.63, 3.8) is 0 Å². The lowest BCUT2D eigenvalue weighted by molar-refractivity contribution is 0.143. The fourth-order valence-electron chi connectivity index (χ4n) is 2.43. The van der Waals surface area contributed by atoms with E-state index in [1.165, 1.54) is 0 Å². The maximum absolute atomic E-state index is 9.89. The SMILES string of the molecule is CC(C)(O)C#Cc1c2ccccc2c(Br)c2ccccc12. The first-order chi connectivity index (χ1) is 9.97. The molecule has 3 aromatic carbocycles. The summed E-state index contributed by atoms with van der Waals surface area (Å²) in [6.45, 7) is 3.40. The molecule has 3 aromatic rings. The summed E-state index contributed by atoms with van der Waals surface area (Å²) in [4.78, 5) is 0. The zero-order valence-corrected chi connectivity index (χ0v) is 13.5. The highest BCUT2D eigenvalue weighted by Gasteiger charge is 2.11. The quantitative estimate of drug-likeness (QED) is 0.457. The van der Waals surface area contributed by atoms with E-state index in [0.29, 0.717) is 0 Å². The lowest BCUT2D eigenvalue weighted by Crippen LogP contribution is -2.14. The molecule has 0 aliphatic heterocycles. The molecule has 0 aromatic heterocycles. The molecule has 1 nitrogen and oxygen atoms in total. The molecular weight excluding hydrogens is 324 g/mol. The summed E-state index contributed by atoms with van der Waals surface area (Å²) < 4.78 is 1.09. The van der Waals surface area contributed by atoms with Gasteiger partial charge in [-0.05, 0) is 51.3 Å². The molecule has 0 saturated carbocycles. The van der Waals surface area contributed by atoms with Crippen molar-refractivity contribution in [3.05, 3.63) is 58.6 Å². The van der Waals surface area contributed by atoms with E-state index in [9.17, 15) is 5.11 Å². The van der Waals surface area contributed by atoms with Gasteiger partial charge in [-0.2, -0.15) is 0 Å². The molecule has 104 valence electrons. The highest BCUT2D eigenvalue weighted by molar-refractivity contribution is 9.10. The third-order valence-electron chi connectivity index (χ3n) is 3.36. The molecule has 0 amide bonds. The van der Waals surface area contributed by atoms with E-state index in [-0.39, 0.29) is 0 Å². The Morgan fingerprint density at radius 2 is 1.29 bits per heavy atom. The van der Waals surface area contributed by atoms with Gasteiger partial charge in [-0.3, -0.25) is 0 Å². The Labute approximate surface area is 132 Å². The number of fused-ring (bicyclic) bond motifs is 2. The standard InChI is InChI=1S/C19H15BrO/c1-19(2,21)12-11-15-13-7-3-5-9-16(13)18(20)17-10-6-4-8-14(15)17/h3-10,21H,1-2H3. The summed E-state index contributed by atoms with van der Waals surface area (Å²) in [7, 11) is 0. The average molecular weight is 339 g/mol. The van der Waals surface area contributed by atoms with Crippen LogP contribution in [0.3, 0.4) is 0 Å². The van der Waals surface area contributed by atoms with Crippen molar-refractivity contribution in [1.29, 1.82) is 0 Å². The molecule has 0 aliphatic carbocycles. The Balaban J connectivity index is 2.48. The molecule has 0 atom stereocenters.